The van der Waals surface area contributed by atoms with Crippen LogP contribution < -0.4 is 5.32 Å². The topological polar surface area (TPSA) is 73.9 Å². The lowest BCUT2D eigenvalue weighted by Gasteiger charge is -2.20. The van der Waals surface area contributed by atoms with E-state index in [1.165, 1.54) is 131 Å². The number of fused-ring (bicyclic) bond motifs is 6. The lowest BCUT2D eigenvalue weighted by molar-refractivity contribution is -0.143. The second-order valence-electron chi connectivity index (χ2n) is 27.4. The summed E-state index contributed by atoms with van der Waals surface area (Å²) in [6.45, 7) is 12.6. The predicted molar refractivity (Wildman–Crippen MR) is 392 cm³/mol. The van der Waals surface area contributed by atoms with E-state index >= 15 is 0 Å². The number of nitrogens with one attached hydrogen (secondary N) is 1. The fourth-order valence-electron chi connectivity index (χ4n) is 13.5. The fourth-order valence-corrected chi connectivity index (χ4v) is 31.9. The first-order valence-electron chi connectivity index (χ1n) is 32.2. The molecule has 0 spiro atoms. The number of ether oxygens (including phenoxy) is 3. The van der Waals surface area contributed by atoms with E-state index in [4.69, 9.17) is 14.2 Å². The van der Waals surface area contributed by atoms with E-state index in [1.54, 1.807) is 75.0 Å². The van der Waals surface area contributed by atoms with Gasteiger partial charge in [-0.1, -0.05) is 12.8 Å². The van der Waals surface area contributed by atoms with E-state index in [0.717, 1.165) is 132 Å². The average Bonchev–Trinajstić information content (AvgIpc) is 4.52. The number of ketones is 2. The van der Waals surface area contributed by atoms with Crippen LogP contribution in [0.3, 0.4) is 0 Å². The Morgan fingerprint density at radius 2 is 0.889 bits per heavy atom. The van der Waals surface area contributed by atoms with Crippen LogP contribution in [0, 0.1) is 23.2 Å². The van der Waals surface area contributed by atoms with E-state index in [0.29, 0.717) is 67.4 Å². The largest absolute Gasteiger partial charge is 0.372 e. The van der Waals surface area contributed by atoms with Gasteiger partial charge in [-0.05, 0) is 220 Å². The SMILES string of the molecule is C[S+]1C2CCC1CC2.C[S+]1CC(=O)C(C)(C)C1.C[S+]1CC2CCC1C2.C[S+]1CC2CCCCC2C1.C[S+]1CC2OC(C)(C)OC2C1.C[S+]1CCC(=O)CC1.C[S+]1CCCC1.C[S+]1CCCCC1.C[S+]1CCNCC1.C[S+]1CCOCC1. The maximum absolute atomic E-state index is 11.1. The fraction of sp³-hybridized carbons (Fsp3) is 0.969. The summed E-state index contributed by atoms with van der Waals surface area (Å²) in [5.41, 5.74) is -0.00212. The molecule has 0 amide bonds. The molecular weight excluding hydrogens is 1200 g/mol. The summed E-state index contributed by atoms with van der Waals surface area (Å²) in [5, 5.41) is 6.82. The molecular formula is C65H129NO5S10+10. The first-order valence-corrected chi connectivity index (χ1v) is 51.6. The van der Waals surface area contributed by atoms with Crippen molar-refractivity contribution in [1.29, 1.82) is 0 Å². The maximum atomic E-state index is 11.1. The molecule has 12 heterocycles. The van der Waals surface area contributed by atoms with Gasteiger partial charge in [-0.3, -0.25) is 9.59 Å². The van der Waals surface area contributed by atoms with Gasteiger partial charge in [0.05, 0.1) is 94.0 Å². The van der Waals surface area contributed by atoms with Crippen molar-refractivity contribution < 1.29 is 23.8 Å². The van der Waals surface area contributed by atoms with Crippen molar-refractivity contribution in [3.05, 3.63) is 0 Å². The Bertz CT molecular complexity index is 1610. The Morgan fingerprint density at radius 1 is 0.444 bits per heavy atom. The Labute approximate surface area is 531 Å². The molecule has 2 saturated carbocycles. The summed E-state index contributed by atoms with van der Waals surface area (Å²) < 4.78 is 16.6. The number of hydrogen-bond donors (Lipinski definition) is 1. The van der Waals surface area contributed by atoms with E-state index in [2.05, 4.69) is 67.9 Å². The molecule has 0 aromatic carbocycles. The summed E-state index contributed by atoms with van der Waals surface area (Å²) in [5.74, 6) is 26.9. The van der Waals surface area contributed by atoms with Gasteiger partial charge in [-0.25, -0.2) is 0 Å². The molecule has 16 heteroatoms. The van der Waals surface area contributed by atoms with E-state index in [9.17, 15) is 9.59 Å². The Balaban J connectivity index is 0.000000166. The average molecular weight is 1330 g/mol. The minimum atomic E-state index is -0.319. The van der Waals surface area contributed by atoms with Crippen LogP contribution in [-0.2, 0) is 133 Å². The standard InChI is InChI=1S/C9H17S.C8H15O2S.C7H13OS.2C7H13S.C6H11OS.C6H13S.C5H12NS.C5H11OS.C5H11S/c1-10-6-8-4-2-3-5-9(8)7-10;1-8(2)9-6-4-11(3)5-7(6)10-8;1-7(2)5-9(3)4-6(7)8;1-8-5-6-2-3-7(8)4-6;1-8-6-2-3-7(8)5-4-6;1-8-4-2-6(7)3-5-8;1-7-5-3-2-4-6-7;2*1-7-4-2-6-3-5-7;1-6-4-2-3-5-6/h8-9H,2-7H2,1H3;6-7H,4-5H2,1-3H3;4-5H2,1-3H3;2*6-7H,2-5H2,1H3;2-5H2,1H3;2-6H2,1H3;6H,2-5H2,1H3;2-5H2,1H3;2-5H2,1H3/q10*+1. The molecule has 2 aliphatic carbocycles. The highest BCUT2D eigenvalue weighted by Gasteiger charge is 2.51. The first-order chi connectivity index (χ1) is 38.5. The molecule has 12 saturated heterocycles. The molecule has 6 nitrogen and oxygen atoms in total. The summed E-state index contributed by atoms with van der Waals surface area (Å²) >= 11 is 0. The van der Waals surface area contributed by atoms with Crippen LogP contribution in [0.1, 0.15) is 143 Å². The van der Waals surface area contributed by atoms with Crippen LogP contribution in [0.5, 0.6) is 0 Å². The van der Waals surface area contributed by atoms with Crippen LogP contribution in [0.4, 0.5) is 0 Å². The zero-order valence-electron chi connectivity index (χ0n) is 54.8. The van der Waals surface area contributed by atoms with Gasteiger partial charge in [0.2, 0.25) is 0 Å². The second kappa shape index (κ2) is 39.8. The third kappa shape index (κ3) is 29.7. The van der Waals surface area contributed by atoms with Gasteiger partial charge in [-0.15, -0.1) is 0 Å². The summed E-state index contributed by atoms with van der Waals surface area (Å²) in [4.78, 5) is 21.7. The molecule has 12 aliphatic heterocycles. The van der Waals surface area contributed by atoms with Crippen molar-refractivity contribution in [3.8, 4) is 0 Å². The molecule has 14 fully saturated rings. The van der Waals surface area contributed by atoms with Crippen molar-refractivity contribution >= 4 is 121 Å². The highest BCUT2D eigenvalue weighted by molar-refractivity contribution is 7.99. The maximum Gasteiger partial charge on any atom is 0.192 e. The van der Waals surface area contributed by atoms with Crippen molar-refractivity contribution in [2.24, 2.45) is 23.2 Å². The van der Waals surface area contributed by atoms with Crippen LogP contribution >= 0.6 is 0 Å². The molecule has 14 aliphatic rings. The van der Waals surface area contributed by atoms with Gasteiger partial charge in [-0.2, -0.15) is 0 Å². The lowest BCUT2D eigenvalue weighted by atomic mass is 9.82. The molecule has 1 N–H and O–H groups in total. The highest BCUT2D eigenvalue weighted by Crippen LogP contribution is 2.41. The van der Waals surface area contributed by atoms with Gasteiger partial charge in [0.25, 0.3) is 0 Å². The molecule has 4 bridgehead atoms. The number of carbonyl (C=O) groups excluding carboxylic acids is 2. The summed E-state index contributed by atoms with van der Waals surface area (Å²) in [7, 11) is 7.05. The van der Waals surface area contributed by atoms with Crippen molar-refractivity contribution in [3.63, 3.8) is 0 Å². The Hall–Kier alpha value is 2.68. The molecule has 474 valence electrons. The van der Waals surface area contributed by atoms with E-state index in [1.807, 2.05) is 27.7 Å². The number of rotatable bonds is 0. The minimum absolute atomic E-state index is 0.00212. The Kier molecular flexibility index (Phi) is 36.6. The Morgan fingerprint density at radius 3 is 1.19 bits per heavy atom. The highest BCUT2D eigenvalue weighted by atomic mass is 32.2. The molecule has 81 heavy (non-hydrogen) atoms. The van der Waals surface area contributed by atoms with Crippen LogP contribution in [0.2, 0.25) is 0 Å². The summed E-state index contributed by atoms with van der Waals surface area (Å²) in [6.07, 6.45) is 50.6. The second-order valence-corrected chi connectivity index (χ2v) is 50.8. The zero-order valence-corrected chi connectivity index (χ0v) is 63.0. The number of carbonyl (C=O) groups is 2. The molecule has 0 radical (unpaired) electrons. The van der Waals surface area contributed by atoms with Gasteiger partial charge < -0.3 is 19.5 Å². The minimum Gasteiger partial charge on any atom is -0.372 e. The van der Waals surface area contributed by atoms with Crippen LogP contribution in [0.25, 0.3) is 0 Å². The van der Waals surface area contributed by atoms with Crippen molar-refractivity contribution in [2.75, 3.05) is 187 Å². The van der Waals surface area contributed by atoms with E-state index < -0.39 is 0 Å². The van der Waals surface area contributed by atoms with Gasteiger partial charge in [0, 0.05) is 37.3 Å². The van der Waals surface area contributed by atoms with Gasteiger partial charge in [0.15, 0.2) is 17.3 Å². The third-order valence-electron chi connectivity index (χ3n) is 18.8. The molecule has 0 aromatic heterocycles. The van der Waals surface area contributed by atoms with Gasteiger partial charge >= 0.3 is 0 Å². The molecule has 0 aromatic rings. The normalized spacial score (nSPS) is 37.2. The molecule has 8 unspecified atom stereocenters. The first kappa shape index (κ1) is 74.4. The third-order valence-corrected chi connectivity index (χ3v) is 39.4. The predicted octanol–water partition coefficient (Wildman–Crippen LogP) is 9.79. The smallest absolute Gasteiger partial charge is 0.192 e. The number of hydrogen-bond acceptors (Lipinski definition) is 6. The molecule has 8 atom stereocenters. The lowest BCUT2D eigenvalue weighted by Crippen LogP contribution is -2.35. The van der Waals surface area contributed by atoms with Crippen LogP contribution in [-0.4, -0.2) is 232 Å². The molecule has 14 rings (SSSR count). The monoisotopic (exact) mass is 1320 g/mol. The number of Topliss-reactive ketones (excluding diaryl/α,β-unsaturated/α-hetero) is 2. The van der Waals surface area contributed by atoms with Crippen LogP contribution in [0.15, 0.2) is 0 Å². The van der Waals surface area contributed by atoms with Crippen molar-refractivity contribution in [1.82, 2.24) is 5.32 Å². The van der Waals surface area contributed by atoms with E-state index in [-0.39, 0.29) is 11.2 Å². The summed E-state index contributed by atoms with van der Waals surface area (Å²) in [6, 6.07) is 0. The zero-order chi connectivity index (χ0) is 59.0. The van der Waals surface area contributed by atoms with Gasteiger partial charge in [0.1, 0.15) is 126 Å². The van der Waals surface area contributed by atoms with Crippen molar-refractivity contribution in [2.45, 2.75) is 177 Å². The quantitative estimate of drug-likeness (QED) is 0.244.